The maximum atomic E-state index is 11.9. The Morgan fingerprint density at radius 1 is 1.29 bits per heavy atom. The molecule has 108 valence electrons. The fourth-order valence-electron chi connectivity index (χ4n) is 1.70. The Morgan fingerprint density at radius 2 is 2.00 bits per heavy atom. The van der Waals surface area contributed by atoms with Gasteiger partial charge in [-0.05, 0) is 42.3 Å². The van der Waals surface area contributed by atoms with Crippen molar-refractivity contribution in [2.75, 3.05) is 0 Å². The van der Waals surface area contributed by atoms with E-state index in [-0.39, 0.29) is 11.3 Å². The van der Waals surface area contributed by atoms with Crippen molar-refractivity contribution in [2.45, 2.75) is 6.92 Å². The lowest BCUT2D eigenvalue weighted by atomic mass is 10.1. The van der Waals surface area contributed by atoms with Crippen LogP contribution in [0.3, 0.4) is 0 Å². The maximum Gasteiger partial charge on any atom is 0.335 e. The van der Waals surface area contributed by atoms with Gasteiger partial charge in [0, 0.05) is 15.2 Å². The molecule has 1 N–H and O–H groups in total. The minimum atomic E-state index is -1.01. The Hall–Kier alpha value is -1.66. The smallest absolute Gasteiger partial charge is 0.335 e. The van der Waals surface area contributed by atoms with Crippen molar-refractivity contribution in [3.63, 3.8) is 0 Å². The van der Waals surface area contributed by atoms with Gasteiger partial charge in [-0.3, -0.25) is 4.99 Å². The van der Waals surface area contributed by atoms with E-state index in [0.717, 1.165) is 10.0 Å². The number of hydrogen-bond acceptors (Lipinski definition) is 3. The highest BCUT2D eigenvalue weighted by Gasteiger charge is 2.05. The van der Waals surface area contributed by atoms with Crippen LogP contribution in [0.15, 0.2) is 44.3 Å². The number of nitrogens with zero attached hydrogens (tertiary/aromatic N) is 1. The Bertz CT molecular complexity index is 742. The molecule has 0 heterocycles. The van der Waals surface area contributed by atoms with Gasteiger partial charge in [0.05, 0.1) is 11.3 Å². The van der Waals surface area contributed by atoms with Crippen molar-refractivity contribution in [1.29, 1.82) is 0 Å². The lowest BCUT2D eigenvalue weighted by molar-refractivity contribution is -0.269. The average molecular weight is 412 g/mol. The van der Waals surface area contributed by atoms with Crippen LogP contribution in [0.25, 0.3) is 0 Å². The Morgan fingerprint density at radius 3 is 2.67 bits per heavy atom. The van der Waals surface area contributed by atoms with Gasteiger partial charge >= 0.3 is 5.97 Å². The van der Waals surface area contributed by atoms with Crippen molar-refractivity contribution in [1.82, 2.24) is 0 Å². The molecule has 6 heteroatoms. The van der Waals surface area contributed by atoms with Crippen molar-refractivity contribution in [3.05, 3.63) is 56.0 Å². The highest BCUT2D eigenvalue weighted by molar-refractivity contribution is 9.11. The normalized spacial score (nSPS) is 11.0. The van der Waals surface area contributed by atoms with Crippen LogP contribution in [0.1, 0.15) is 21.5 Å². The van der Waals surface area contributed by atoms with Crippen molar-refractivity contribution >= 4 is 49.7 Å². The number of aliphatic imine (C=N–C) groups is 1. The topological polar surface area (TPSA) is 72.7 Å². The fraction of sp³-hybridized carbons (Fsp3) is 0.0667. The van der Waals surface area contributed by atoms with E-state index in [9.17, 15) is 9.90 Å². The molecule has 21 heavy (non-hydrogen) atoms. The van der Waals surface area contributed by atoms with E-state index in [1.54, 1.807) is 18.2 Å². The van der Waals surface area contributed by atoms with Gasteiger partial charge < -0.3 is 10.2 Å². The molecule has 0 aliphatic rings. The van der Waals surface area contributed by atoms with Crippen LogP contribution in [0.4, 0.5) is 5.69 Å². The zero-order valence-corrected chi connectivity index (χ0v) is 14.1. The molecule has 0 aliphatic heterocycles. The van der Waals surface area contributed by atoms with E-state index in [0.29, 0.717) is 15.7 Å². The molecule has 0 spiro atoms. The van der Waals surface area contributed by atoms with Gasteiger partial charge in [-0.25, -0.2) is 4.79 Å². The SMILES string of the molecule is Cc1ccc(C(=O)O)cc1N=Cc1cc(Br)cc(Br)c1[O-]. The summed E-state index contributed by atoms with van der Waals surface area (Å²) in [5.41, 5.74) is 1.92. The molecule has 2 aromatic carbocycles. The summed E-state index contributed by atoms with van der Waals surface area (Å²) in [7, 11) is 0. The van der Waals surface area contributed by atoms with E-state index < -0.39 is 5.97 Å². The van der Waals surface area contributed by atoms with E-state index in [4.69, 9.17) is 5.11 Å². The monoisotopic (exact) mass is 410 g/mol. The summed E-state index contributed by atoms with van der Waals surface area (Å²) in [4.78, 5) is 15.2. The van der Waals surface area contributed by atoms with Crippen LogP contribution >= 0.6 is 31.9 Å². The molecule has 0 bridgehead atoms. The number of rotatable bonds is 3. The number of halogens is 2. The average Bonchev–Trinajstić information content (AvgIpc) is 2.42. The third kappa shape index (κ3) is 3.71. The van der Waals surface area contributed by atoms with Crippen LogP contribution in [-0.4, -0.2) is 17.3 Å². The van der Waals surface area contributed by atoms with Gasteiger partial charge in [0.15, 0.2) is 0 Å². The van der Waals surface area contributed by atoms with Gasteiger partial charge in [0.25, 0.3) is 0 Å². The largest absolute Gasteiger partial charge is 0.871 e. The molecule has 0 atom stereocenters. The first-order valence-corrected chi connectivity index (χ1v) is 7.51. The number of carboxylic acids is 1. The second-order valence-electron chi connectivity index (χ2n) is 4.37. The standard InChI is InChI=1S/C15H11Br2NO3/c1-8-2-3-9(15(20)21)5-13(8)18-7-10-4-11(16)6-12(17)14(10)19/h2-7,19H,1H3,(H,20,21)/p-1. The molecular weight excluding hydrogens is 402 g/mol. The Balaban J connectivity index is 2.42. The highest BCUT2D eigenvalue weighted by atomic mass is 79.9. The predicted molar refractivity (Wildman–Crippen MR) is 86.7 cm³/mol. The lowest BCUT2D eigenvalue weighted by Gasteiger charge is -2.13. The quantitative estimate of drug-likeness (QED) is 0.774. The van der Waals surface area contributed by atoms with Crippen LogP contribution in [0.2, 0.25) is 0 Å². The summed E-state index contributed by atoms with van der Waals surface area (Å²) in [6, 6.07) is 8.01. The van der Waals surface area contributed by atoms with Gasteiger partial charge in [-0.2, -0.15) is 0 Å². The van der Waals surface area contributed by atoms with Crippen molar-refractivity contribution in [2.24, 2.45) is 4.99 Å². The second kappa shape index (κ2) is 6.41. The molecule has 0 aromatic heterocycles. The first-order valence-electron chi connectivity index (χ1n) is 5.92. The first-order chi connectivity index (χ1) is 9.88. The molecule has 2 aromatic rings. The Labute approximate surface area is 138 Å². The number of carboxylic acid groups (broad SMARTS) is 1. The Kier molecular flexibility index (Phi) is 4.80. The third-order valence-electron chi connectivity index (χ3n) is 2.84. The maximum absolute atomic E-state index is 11.9. The molecule has 0 saturated carbocycles. The zero-order chi connectivity index (χ0) is 15.6. The van der Waals surface area contributed by atoms with Gasteiger partial charge in [0.2, 0.25) is 0 Å². The number of aryl methyl sites for hydroxylation is 1. The van der Waals surface area contributed by atoms with Gasteiger partial charge in [0.1, 0.15) is 0 Å². The van der Waals surface area contributed by atoms with E-state index in [2.05, 4.69) is 36.9 Å². The van der Waals surface area contributed by atoms with Crippen LogP contribution in [0, 0.1) is 6.92 Å². The lowest BCUT2D eigenvalue weighted by Crippen LogP contribution is -1.98. The molecule has 0 unspecified atom stereocenters. The van der Waals surface area contributed by atoms with E-state index >= 15 is 0 Å². The van der Waals surface area contributed by atoms with Crippen molar-refractivity contribution in [3.8, 4) is 5.75 Å². The minimum Gasteiger partial charge on any atom is -0.871 e. The highest BCUT2D eigenvalue weighted by Crippen LogP contribution is 2.29. The third-order valence-corrected chi connectivity index (χ3v) is 3.88. The molecule has 0 amide bonds. The molecule has 0 aliphatic carbocycles. The van der Waals surface area contributed by atoms with Gasteiger partial charge in [-0.1, -0.05) is 43.7 Å². The molecule has 0 saturated heterocycles. The number of benzene rings is 2. The molecule has 0 radical (unpaired) electrons. The molecule has 0 fully saturated rings. The van der Waals surface area contributed by atoms with Crippen molar-refractivity contribution < 1.29 is 15.0 Å². The summed E-state index contributed by atoms with van der Waals surface area (Å²) in [6.45, 7) is 1.83. The second-order valence-corrected chi connectivity index (χ2v) is 6.14. The molecule has 2 rings (SSSR count). The van der Waals surface area contributed by atoms with E-state index in [1.807, 2.05) is 6.92 Å². The summed E-state index contributed by atoms with van der Waals surface area (Å²) in [6.07, 6.45) is 1.44. The molecule has 4 nitrogen and oxygen atoms in total. The number of aromatic carboxylic acids is 1. The number of carbonyl (C=O) groups is 1. The summed E-state index contributed by atoms with van der Waals surface area (Å²) in [5, 5.41) is 20.9. The zero-order valence-electron chi connectivity index (χ0n) is 10.9. The predicted octanol–water partition coefficient (Wildman–Crippen LogP) is 4.04. The fourth-order valence-corrected chi connectivity index (χ4v) is 2.96. The summed E-state index contributed by atoms with van der Waals surface area (Å²) < 4.78 is 1.20. The summed E-state index contributed by atoms with van der Waals surface area (Å²) in [5.74, 6) is -1.19. The number of hydrogen-bond donors (Lipinski definition) is 1. The van der Waals surface area contributed by atoms with E-state index in [1.165, 1.54) is 18.3 Å². The first kappa shape index (κ1) is 15.7. The summed E-state index contributed by atoms with van der Waals surface area (Å²) >= 11 is 6.50. The van der Waals surface area contributed by atoms with Crippen LogP contribution in [0.5, 0.6) is 5.75 Å². The molecular formula is C15H10Br2NO3-. The minimum absolute atomic E-state index is 0.158. The van der Waals surface area contributed by atoms with Gasteiger partial charge in [-0.15, -0.1) is 0 Å². The van der Waals surface area contributed by atoms with Crippen LogP contribution in [-0.2, 0) is 0 Å². The van der Waals surface area contributed by atoms with Crippen LogP contribution < -0.4 is 5.11 Å².